The maximum atomic E-state index is 13.2. The van der Waals surface area contributed by atoms with E-state index in [2.05, 4.69) is 49.4 Å². The molecule has 0 heterocycles. The Hall–Kier alpha value is -3.26. The van der Waals surface area contributed by atoms with E-state index in [1.807, 2.05) is 12.1 Å². The molecule has 0 aliphatic heterocycles. The number of ketones is 2. The molecule has 30 heavy (non-hydrogen) atoms. The van der Waals surface area contributed by atoms with Crippen LogP contribution in [-0.4, -0.2) is 11.6 Å². The summed E-state index contributed by atoms with van der Waals surface area (Å²) in [5.74, 6) is -0.211. The lowest BCUT2D eigenvalue weighted by atomic mass is 9.79. The Balaban J connectivity index is 1.54. The lowest BCUT2D eigenvalue weighted by Gasteiger charge is -2.23. The molecule has 0 fully saturated rings. The van der Waals surface area contributed by atoms with Crippen molar-refractivity contribution in [2.24, 2.45) is 0 Å². The highest BCUT2D eigenvalue weighted by atomic mass is 16.1. The number of Topliss-reactive ketones (excluding diaryl/α,β-unsaturated/α-hetero) is 1. The predicted octanol–water partition coefficient (Wildman–Crippen LogP) is 5.68. The molecule has 3 aromatic carbocycles. The number of aryl methyl sites for hydroxylation is 4. The number of hydrogen-bond acceptors (Lipinski definition) is 2. The van der Waals surface area contributed by atoms with Crippen LogP contribution < -0.4 is 0 Å². The van der Waals surface area contributed by atoms with Crippen molar-refractivity contribution in [3.05, 3.63) is 117 Å². The molecule has 4 bridgehead atoms. The summed E-state index contributed by atoms with van der Waals surface area (Å²) in [4.78, 5) is 25.9. The molecule has 0 saturated heterocycles. The van der Waals surface area contributed by atoms with E-state index in [0.717, 1.165) is 25.7 Å². The Morgan fingerprint density at radius 1 is 0.700 bits per heavy atom. The standard InChI is InChI=1S/C28H24O2/c1-18(26-17-27(29)23-4-2-3-5-24(23)28(26)30)25-16-21-11-10-19-6-8-20(9-7-19)12-14-22(25)15-13-21/h2-9,13,15-18H,10-12,14H2,1H3/t18-/m1/s1. The largest absolute Gasteiger partial charge is 0.289 e. The van der Waals surface area contributed by atoms with Crippen molar-refractivity contribution in [1.82, 2.24) is 0 Å². The number of allylic oxidation sites excluding steroid dienone is 2. The lowest BCUT2D eigenvalue weighted by Crippen LogP contribution is -2.21. The molecule has 0 spiro atoms. The van der Waals surface area contributed by atoms with Crippen LogP contribution in [0.2, 0.25) is 0 Å². The fraction of sp³-hybridized carbons (Fsp3) is 0.214. The van der Waals surface area contributed by atoms with E-state index >= 15 is 0 Å². The van der Waals surface area contributed by atoms with Gasteiger partial charge < -0.3 is 0 Å². The van der Waals surface area contributed by atoms with Gasteiger partial charge in [-0.05, 0) is 59.6 Å². The number of fused-ring (bicyclic) bond motifs is 1. The molecular weight excluding hydrogens is 368 g/mol. The molecule has 0 radical (unpaired) electrons. The summed E-state index contributed by atoms with van der Waals surface area (Å²) < 4.78 is 0. The molecular formula is C28H24O2. The van der Waals surface area contributed by atoms with Crippen LogP contribution in [0.15, 0.2) is 78.4 Å². The topological polar surface area (TPSA) is 34.1 Å². The van der Waals surface area contributed by atoms with Gasteiger partial charge in [0.15, 0.2) is 11.6 Å². The van der Waals surface area contributed by atoms with Crippen LogP contribution in [0, 0.1) is 0 Å². The van der Waals surface area contributed by atoms with Crippen LogP contribution in [0.4, 0.5) is 0 Å². The summed E-state index contributed by atoms with van der Waals surface area (Å²) in [6.45, 7) is 2.06. The van der Waals surface area contributed by atoms with Crippen LogP contribution in [0.5, 0.6) is 0 Å². The van der Waals surface area contributed by atoms with Gasteiger partial charge in [0.2, 0.25) is 0 Å². The summed E-state index contributed by atoms with van der Waals surface area (Å²) in [5, 5.41) is 0. The Kier molecular flexibility index (Phi) is 4.71. The zero-order valence-electron chi connectivity index (χ0n) is 17.2. The first-order chi connectivity index (χ1) is 14.6. The van der Waals surface area contributed by atoms with Crippen LogP contribution in [0.3, 0.4) is 0 Å². The van der Waals surface area contributed by atoms with Crippen molar-refractivity contribution in [3.8, 4) is 0 Å². The summed E-state index contributed by atoms with van der Waals surface area (Å²) in [7, 11) is 0. The molecule has 5 aliphatic carbocycles. The third kappa shape index (κ3) is 3.33. The number of carbonyl (C=O) groups excluding carboxylic acids is 2. The van der Waals surface area contributed by atoms with Crippen molar-refractivity contribution in [2.75, 3.05) is 0 Å². The Morgan fingerprint density at radius 3 is 2.03 bits per heavy atom. The van der Waals surface area contributed by atoms with Crippen molar-refractivity contribution < 1.29 is 9.59 Å². The summed E-state index contributed by atoms with van der Waals surface area (Å²) >= 11 is 0. The third-order valence-electron chi connectivity index (χ3n) is 6.54. The number of carbonyl (C=O) groups is 2. The molecule has 1 atom stereocenters. The van der Waals surface area contributed by atoms with Gasteiger partial charge in [0.05, 0.1) is 0 Å². The van der Waals surface area contributed by atoms with Crippen LogP contribution >= 0.6 is 0 Å². The van der Waals surface area contributed by atoms with Gasteiger partial charge in [0.25, 0.3) is 0 Å². The molecule has 0 saturated carbocycles. The van der Waals surface area contributed by atoms with Crippen molar-refractivity contribution in [1.29, 1.82) is 0 Å². The first-order valence-electron chi connectivity index (χ1n) is 10.7. The maximum Gasteiger partial charge on any atom is 0.190 e. The third-order valence-corrected chi connectivity index (χ3v) is 6.54. The summed E-state index contributed by atoms with van der Waals surface area (Å²) in [6.07, 6.45) is 5.42. The minimum Gasteiger partial charge on any atom is -0.289 e. The average molecular weight is 392 g/mol. The van der Waals surface area contributed by atoms with E-state index in [4.69, 9.17) is 0 Å². The second-order valence-corrected chi connectivity index (χ2v) is 8.41. The zero-order chi connectivity index (χ0) is 20.7. The minimum absolute atomic E-state index is 0.0231. The first-order valence-corrected chi connectivity index (χ1v) is 10.7. The highest BCUT2D eigenvalue weighted by molar-refractivity contribution is 6.25. The van der Waals surface area contributed by atoms with Gasteiger partial charge in [-0.15, -0.1) is 0 Å². The van der Waals surface area contributed by atoms with E-state index in [0.29, 0.717) is 16.7 Å². The fourth-order valence-electron chi connectivity index (χ4n) is 4.70. The van der Waals surface area contributed by atoms with E-state index in [1.54, 1.807) is 18.2 Å². The van der Waals surface area contributed by atoms with E-state index in [9.17, 15) is 9.59 Å². The van der Waals surface area contributed by atoms with Crippen molar-refractivity contribution in [3.63, 3.8) is 0 Å². The van der Waals surface area contributed by atoms with E-state index in [1.165, 1.54) is 27.8 Å². The maximum absolute atomic E-state index is 13.2. The minimum atomic E-state index is -0.117. The molecule has 2 nitrogen and oxygen atoms in total. The number of benzene rings is 3. The van der Waals surface area contributed by atoms with Crippen LogP contribution in [0.1, 0.15) is 61.4 Å². The Bertz CT molecular complexity index is 1180. The highest BCUT2D eigenvalue weighted by Gasteiger charge is 2.29. The molecule has 3 aromatic rings. The van der Waals surface area contributed by atoms with Crippen molar-refractivity contribution in [2.45, 2.75) is 38.5 Å². The molecule has 0 unspecified atom stereocenters. The van der Waals surface area contributed by atoms with Gasteiger partial charge in [0, 0.05) is 22.6 Å². The second-order valence-electron chi connectivity index (χ2n) is 8.41. The SMILES string of the molecule is C[C@@H](C1=CC(=O)c2ccccc2C1=O)c1cc2ccc1CCc1ccc(cc1)CC2. The van der Waals surface area contributed by atoms with Crippen LogP contribution in [0.25, 0.3) is 0 Å². The molecule has 0 N–H and O–H groups in total. The molecule has 2 heteroatoms. The smallest absolute Gasteiger partial charge is 0.190 e. The second kappa shape index (κ2) is 7.53. The molecule has 0 aromatic heterocycles. The van der Waals surface area contributed by atoms with E-state index < -0.39 is 0 Å². The highest BCUT2D eigenvalue weighted by Crippen LogP contribution is 2.34. The molecule has 5 aliphatic rings. The Morgan fingerprint density at radius 2 is 1.30 bits per heavy atom. The monoisotopic (exact) mass is 392 g/mol. The summed E-state index contributed by atoms with van der Waals surface area (Å²) in [6, 6.07) is 22.8. The van der Waals surface area contributed by atoms with Gasteiger partial charge >= 0.3 is 0 Å². The molecule has 148 valence electrons. The predicted molar refractivity (Wildman–Crippen MR) is 119 cm³/mol. The van der Waals surface area contributed by atoms with Gasteiger partial charge in [0.1, 0.15) is 0 Å². The number of hydrogen-bond donors (Lipinski definition) is 0. The van der Waals surface area contributed by atoms with Crippen molar-refractivity contribution >= 4 is 11.6 Å². The molecule has 8 rings (SSSR count). The Labute approximate surface area is 177 Å². The lowest BCUT2D eigenvalue weighted by molar-refractivity contribution is 0.0979. The van der Waals surface area contributed by atoms with Crippen LogP contribution in [-0.2, 0) is 25.7 Å². The van der Waals surface area contributed by atoms with Gasteiger partial charge in [-0.3, -0.25) is 9.59 Å². The van der Waals surface area contributed by atoms with Gasteiger partial charge in [-0.1, -0.05) is 73.7 Å². The molecule has 0 amide bonds. The van der Waals surface area contributed by atoms with Gasteiger partial charge in [-0.25, -0.2) is 0 Å². The average Bonchev–Trinajstić information content (AvgIpc) is 2.77. The van der Waals surface area contributed by atoms with Gasteiger partial charge in [-0.2, -0.15) is 0 Å². The van der Waals surface area contributed by atoms with E-state index in [-0.39, 0.29) is 17.5 Å². The summed E-state index contributed by atoms with van der Waals surface area (Å²) in [5.41, 5.74) is 8.04. The number of rotatable bonds is 2. The first kappa shape index (κ1) is 18.7. The quantitative estimate of drug-likeness (QED) is 0.562. The normalized spacial score (nSPS) is 16.5. The fourth-order valence-corrected chi connectivity index (χ4v) is 4.70. The zero-order valence-corrected chi connectivity index (χ0v) is 17.2.